The first-order chi connectivity index (χ1) is 16.1. The molecular weight excluding hydrogens is 419 g/mol. The third-order valence-corrected chi connectivity index (χ3v) is 5.72. The van der Waals surface area contributed by atoms with E-state index in [0.29, 0.717) is 16.8 Å². The number of fused-ring (bicyclic) bond motifs is 2. The third kappa shape index (κ3) is 3.20. The number of hydrogen-bond donors (Lipinski definition) is 3. The molecule has 160 valence electrons. The summed E-state index contributed by atoms with van der Waals surface area (Å²) in [4.78, 5) is 16.7. The lowest BCUT2D eigenvalue weighted by Crippen LogP contribution is -1.89. The number of H-pyrrole nitrogens is 2. The number of phenolic OH excluding ortho intramolecular Hbond substituents is 1. The molecule has 0 unspecified atom stereocenters. The number of nitrogens with one attached hydrogen (secondary N) is 2. The van der Waals surface area contributed by atoms with Crippen molar-refractivity contribution in [2.75, 3.05) is 0 Å². The molecule has 3 N–H and O–H groups in total. The number of phenols is 1. The van der Waals surface area contributed by atoms with Gasteiger partial charge in [0.05, 0.1) is 28.6 Å². The Morgan fingerprint density at radius 3 is 2.64 bits per heavy atom. The maximum Gasteiger partial charge on any atom is 0.135 e. The fourth-order valence-electron chi connectivity index (χ4n) is 4.11. The van der Waals surface area contributed by atoms with Crippen molar-refractivity contribution in [3.63, 3.8) is 0 Å². The van der Waals surface area contributed by atoms with E-state index >= 15 is 0 Å². The molecule has 1 aromatic carbocycles. The lowest BCUT2D eigenvalue weighted by atomic mass is 10.0. The number of rotatable bonds is 3. The Balaban J connectivity index is 1.52. The summed E-state index contributed by atoms with van der Waals surface area (Å²) in [5.41, 5.74) is 7.80. The number of pyridine rings is 3. The van der Waals surface area contributed by atoms with Crippen molar-refractivity contribution < 1.29 is 9.50 Å². The highest BCUT2D eigenvalue weighted by Crippen LogP contribution is 2.35. The van der Waals surface area contributed by atoms with E-state index in [0.717, 1.165) is 50.5 Å². The van der Waals surface area contributed by atoms with Gasteiger partial charge in [0.15, 0.2) is 0 Å². The molecule has 7 nitrogen and oxygen atoms in total. The van der Waals surface area contributed by atoms with E-state index < -0.39 is 5.82 Å². The number of halogens is 1. The number of aromatic hydroxyl groups is 1. The second-order valence-electron chi connectivity index (χ2n) is 7.88. The van der Waals surface area contributed by atoms with Gasteiger partial charge in [-0.3, -0.25) is 15.1 Å². The molecule has 5 aromatic heterocycles. The number of aromatic nitrogens is 6. The summed E-state index contributed by atoms with van der Waals surface area (Å²) in [6.07, 6.45) is 6.92. The van der Waals surface area contributed by atoms with Crippen LogP contribution < -0.4 is 0 Å². The first-order valence-corrected chi connectivity index (χ1v) is 10.3. The molecule has 33 heavy (non-hydrogen) atoms. The predicted molar refractivity (Wildman–Crippen MR) is 124 cm³/mol. The molecule has 0 bridgehead atoms. The van der Waals surface area contributed by atoms with Crippen LogP contribution in [0.1, 0.15) is 5.56 Å². The molecular formula is C25H17FN6O. The number of aromatic amines is 2. The molecule has 0 radical (unpaired) electrons. The minimum Gasteiger partial charge on any atom is -0.508 e. The summed E-state index contributed by atoms with van der Waals surface area (Å²) < 4.78 is 13.9. The highest BCUT2D eigenvalue weighted by atomic mass is 19.1. The van der Waals surface area contributed by atoms with Gasteiger partial charge < -0.3 is 10.1 Å². The Kier molecular flexibility index (Phi) is 4.19. The van der Waals surface area contributed by atoms with Crippen molar-refractivity contribution in [1.29, 1.82) is 0 Å². The van der Waals surface area contributed by atoms with E-state index in [9.17, 15) is 9.50 Å². The Labute approximate surface area is 187 Å². The number of nitrogens with zero attached hydrogens (tertiary/aromatic N) is 4. The highest BCUT2D eigenvalue weighted by molar-refractivity contribution is 6.00. The predicted octanol–water partition coefficient (Wildman–Crippen LogP) is 5.38. The summed E-state index contributed by atoms with van der Waals surface area (Å²) in [5.74, 6) is -0.656. The van der Waals surface area contributed by atoms with Crippen LogP contribution in [-0.4, -0.2) is 35.2 Å². The summed E-state index contributed by atoms with van der Waals surface area (Å²) in [5, 5.41) is 18.2. The zero-order valence-corrected chi connectivity index (χ0v) is 17.5. The Morgan fingerprint density at radius 1 is 0.909 bits per heavy atom. The van der Waals surface area contributed by atoms with Crippen LogP contribution in [0.15, 0.2) is 67.3 Å². The van der Waals surface area contributed by atoms with Gasteiger partial charge in [0.2, 0.25) is 0 Å². The van der Waals surface area contributed by atoms with E-state index in [2.05, 4.69) is 25.1 Å². The monoisotopic (exact) mass is 436 g/mol. The van der Waals surface area contributed by atoms with Crippen molar-refractivity contribution in [2.24, 2.45) is 0 Å². The lowest BCUT2D eigenvalue weighted by molar-refractivity contribution is 0.469. The van der Waals surface area contributed by atoms with E-state index in [1.165, 1.54) is 12.1 Å². The van der Waals surface area contributed by atoms with Crippen LogP contribution in [0.3, 0.4) is 0 Å². The van der Waals surface area contributed by atoms with Crippen molar-refractivity contribution in [3.05, 3.63) is 78.6 Å². The minimum absolute atomic E-state index is 0.140. The molecule has 0 aliphatic carbocycles. The largest absolute Gasteiger partial charge is 0.508 e. The van der Waals surface area contributed by atoms with Crippen molar-refractivity contribution in [2.45, 2.75) is 6.92 Å². The minimum atomic E-state index is -0.515. The van der Waals surface area contributed by atoms with Crippen LogP contribution in [-0.2, 0) is 0 Å². The number of aryl methyl sites for hydroxylation is 1. The molecule has 0 saturated heterocycles. The van der Waals surface area contributed by atoms with Crippen LogP contribution in [0.25, 0.3) is 55.7 Å². The Morgan fingerprint density at radius 2 is 1.79 bits per heavy atom. The smallest absolute Gasteiger partial charge is 0.135 e. The van der Waals surface area contributed by atoms with Gasteiger partial charge in [0, 0.05) is 41.2 Å². The molecule has 0 saturated carbocycles. The van der Waals surface area contributed by atoms with Gasteiger partial charge in [-0.2, -0.15) is 5.10 Å². The lowest BCUT2D eigenvalue weighted by Gasteiger charge is -2.04. The topological polar surface area (TPSA) is 103 Å². The van der Waals surface area contributed by atoms with Crippen molar-refractivity contribution in [1.82, 2.24) is 30.1 Å². The molecule has 8 heteroatoms. The number of hydrogen-bond acceptors (Lipinski definition) is 5. The van der Waals surface area contributed by atoms with Gasteiger partial charge in [0.25, 0.3) is 0 Å². The molecule has 0 atom stereocenters. The van der Waals surface area contributed by atoms with Crippen LogP contribution >= 0.6 is 0 Å². The van der Waals surface area contributed by atoms with E-state index in [4.69, 9.17) is 4.98 Å². The van der Waals surface area contributed by atoms with Crippen LogP contribution in [0.2, 0.25) is 0 Å². The third-order valence-electron chi connectivity index (χ3n) is 5.72. The molecule has 0 aliphatic rings. The van der Waals surface area contributed by atoms with E-state index in [1.54, 1.807) is 24.8 Å². The molecule has 0 spiro atoms. The van der Waals surface area contributed by atoms with Gasteiger partial charge in [-0.05, 0) is 54.4 Å². The second-order valence-corrected chi connectivity index (χ2v) is 7.88. The quantitative estimate of drug-likeness (QED) is 0.345. The molecule has 0 aliphatic heterocycles. The highest BCUT2D eigenvalue weighted by Gasteiger charge is 2.16. The van der Waals surface area contributed by atoms with Crippen LogP contribution in [0, 0.1) is 12.7 Å². The maximum absolute atomic E-state index is 13.9. The molecule has 0 fully saturated rings. The van der Waals surface area contributed by atoms with Gasteiger partial charge in [-0.1, -0.05) is 0 Å². The standard InChI is InChI=1S/C25H17FN6O/c1-13-4-5-27-10-18(13)20-2-3-21-24(30-20)25(32-31-21)22-9-17-19(11-28-12-23(17)29-22)14-6-15(26)8-16(33)7-14/h2-12,29,33H,1H3,(H,31,32). The van der Waals surface area contributed by atoms with Gasteiger partial charge in [0.1, 0.15) is 22.8 Å². The normalized spacial score (nSPS) is 11.5. The zero-order chi connectivity index (χ0) is 22.5. The van der Waals surface area contributed by atoms with Crippen LogP contribution in [0.5, 0.6) is 5.75 Å². The van der Waals surface area contributed by atoms with Crippen LogP contribution in [0.4, 0.5) is 4.39 Å². The summed E-state index contributed by atoms with van der Waals surface area (Å²) in [6.45, 7) is 2.02. The summed E-state index contributed by atoms with van der Waals surface area (Å²) >= 11 is 0. The molecule has 0 amide bonds. The maximum atomic E-state index is 13.9. The van der Waals surface area contributed by atoms with E-state index in [-0.39, 0.29) is 5.75 Å². The average molecular weight is 436 g/mol. The molecule has 6 rings (SSSR count). The zero-order valence-electron chi connectivity index (χ0n) is 17.5. The number of benzene rings is 1. The fraction of sp³-hybridized carbons (Fsp3) is 0.0400. The van der Waals surface area contributed by atoms with Crippen molar-refractivity contribution >= 4 is 21.9 Å². The van der Waals surface area contributed by atoms with Crippen molar-refractivity contribution in [3.8, 4) is 39.5 Å². The summed E-state index contributed by atoms with van der Waals surface area (Å²) in [6, 6.07) is 11.7. The molecule has 5 heterocycles. The van der Waals surface area contributed by atoms with Gasteiger partial charge in [-0.25, -0.2) is 9.37 Å². The van der Waals surface area contributed by atoms with Gasteiger partial charge in [-0.15, -0.1) is 0 Å². The fourth-order valence-corrected chi connectivity index (χ4v) is 4.11. The van der Waals surface area contributed by atoms with E-state index in [1.807, 2.05) is 31.2 Å². The SMILES string of the molecule is Cc1ccncc1-c1ccc2[nH]nc(-c3cc4c(-c5cc(O)cc(F)c5)cncc4[nH]3)c2n1. The average Bonchev–Trinajstić information content (AvgIpc) is 3.42. The molecule has 6 aromatic rings. The Bertz CT molecular complexity index is 1650. The summed E-state index contributed by atoms with van der Waals surface area (Å²) in [7, 11) is 0. The van der Waals surface area contributed by atoms with Gasteiger partial charge >= 0.3 is 0 Å². The first kappa shape index (κ1) is 19.1. The Hall–Kier alpha value is -4.59. The first-order valence-electron chi connectivity index (χ1n) is 10.3. The second kappa shape index (κ2) is 7.23.